The fraction of sp³-hybridized carbons (Fsp3) is 0.222. The number of hydrogen-bond donors (Lipinski definition) is 1. The summed E-state index contributed by atoms with van der Waals surface area (Å²) in [5.74, 6) is 0.173. The summed E-state index contributed by atoms with van der Waals surface area (Å²) in [6, 6.07) is 5.89. The van der Waals surface area contributed by atoms with Crippen molar-refractivity contribution < 1.29 is 4.79 Å². The van der Waals surface area contributed by atoms with Crippen molar-refractivity contribution in [2.75, 3.05) is 0 Å². The Hall–Kier alpha value is -0.0300. The number of carbonyl (C=O) groups excluding carboxylic acids is 1. The fourth-order valence-corrected chi connectivity index (χ4v) is 1.98. The molecule has 0 aliphatic carbocycles. The molecular formula is C9H9IOS. The van der Waals surface area contributed by atoms with Crippen molar-refractivity contribution >= 4 is 41.0 Å². The van der Waals surface area contributed by atoms with Crippen LogP contribution in [0.5, 0.6) is 0 Å². The quantitative estimate of drug-likeness (QED) is 0.655. The molecule has 1 aromatic rings. The maximum atomic E-state index is 10.8. The van der Waals surface area contributed by atoms with Gasteiger partial charge in [-0.2, -0.15) is 0 Å². The lowest BCUT2D eigenvalue weighted by Gasteiger charge is -2.02. The summed E-state index contributed by atoms with van der Waals surface area (Å²) in [7, 11) is 0. The number of thiol groups is 1. The zero-order valence-electron chi connectivity index (χ0n) is 6.67. The molecule has 0 aliphatic rings. The first-order chi connectivity index (χ1) is 5.59. The lowest BCUT2D eigenvalue weighted by atomic mass is 10.1. The van der Waals surface area contributed by atoms with Crippen LogP contribution in [0.4, 0.5) is 0 Å². The van der Waals surface area contributed by atoms with Gasteiger partial charge in [0.1, 0.15) is 5.78 Å². The second-order valence-electron chi connectivity index (χ2n) is 2.65. The van der Waals surface area contributed by atoms with Crippen molar-refractivity contribution in [3.05, 3.63) is 27.3 Å². The van der Waals surface area contributed by atoms with Gasteiger partial charge in [-0.3, -0.25) is 4.79 Å². The molecule has 0 aromatic heterocycles. The first kappa shape index (κ1) is 10.1. The second-order valence-corrected chi connectivity index (χ2v) is 4.38. The number of carbonyl (C=O) groups is 1. The molecule has 64 valence electrons. The molecule has 0 atom stereocenters. The van der Waals surface area contributed by atoms with E-state index in [2.05, 4.69) is 35.2 Å². The van der Waals surface area contributed by atoms with E-state index in [1.54, 1.807) is 6.92 Å². The predicted molar refractivity (Wildman–Crippen MR) is 60.8 cm³/mol. The van der Waals surface area contributed by atoms with Gasteiger partial charge in [-0.25, -0.2) is 0 Å². The predicted octanol–water partition coefficient (Wildman–Crippen LogP) is 2.71. The van der Waals surface area contributed by atoms with Gasteiger partial charge < -0.3 is 0 Å². The number of Topliss-reactive ketones (excluding diaryl/α,β-unsaturated/α-hetero) is 1. The molecule has 0 amide bonds. The highest BCUT2D eigenvalue weighted by Gasteiger charge is 2.01. The third kappa shape index (κ3) is 2.79. The third-order valence-electron chi connectivity index (χ3n) is 1.49. The van der Waals surface area contributed by atoms with Gasteiger partial charge >= 0.3 is 0 Å². The minimum absolute atomic E-state index is 0.173. The number of rotatable bonds is 2. The Labute approximate surface area is 91.1 Å². The van der Waals surface area contributed by atoms with E-state index in [0.29, 0.717) is 6.42 Å². The smallest absolute Gasteiger partial charge is 0.134 e. The summed E-state index contributed by atoms with van der Waals surface area (Å²) in [5.41, 5.74) is 1.01. The maximum Gasteiger partial charge on any atom is 0.134 e. The standard InChI is InChI=1S/C9H9IOS/c1-6(11)4-7-2-3-8(10)5-9(7)12/h2-3,5,12H,4H2,1H3. The lowest BCUT2D eigenvalue weighted by Crippen LogP contribution is -1.97. The Morgan fingerprint density at radius 3 is 2.75 bits per heavy atom. The van der Waals surface area contributed by atoms with Crippen LogP contribution in [0.1, 0.15) is 12.5 Å². The normalized spacial score (nSPS) is 9.92. The molecule has 3 heteroatoms. The molecule has 0 fully saturated rings. The summed E-state index contributed by atoms with van der Waals surface area (Å²) in [5, 5.41) is 0. The van der Waals surface area contributed by atoms with E-state index in [0.717, 1.165) is 14.0 Å². The molecule has 0 bridgehead atoms. The fourth-order valence-electron chi connectivity index (χ4n) is 0.955. The van der Waals surface area contributed by atoms with Crippen molar-refractivity contribution in [2.45, 2.75) is 18.2 Å². The van der Waals surface area contributed by atoms with Gasteiger partial charge in [-0.1, -0.05) is 6.07 Å². The van der Waals surface area contributed by atoms with E-state index in [-0.39, 0.29) is 5.78 Å². The van der Waals surface area contributed by atoms with E-state index >= 15 is 0 Å². The van der Waals surface area contributed by atoms with Crippen LogP contribution in [0.2, 0.25) is 0 Å². The van der Waals surface area contributed by atoms with Crippen molar-refractivity contribution in [2.24, 2.45) is 0 Å². The highest BCUT2D eigenvalue weighted by Crippen LogP contribution is 2.17. The molecule has 0 heterocycles. The third-order valence-corrected chi connectivity index (χ3v) is 2.57. The topological polar surface area (TPSA) is 17.1 Å². The van der Waals surface area contributed by atoms with Gasteiger partial charge in [-0.05, 0) is 47.2 Å². The summed E-state index contributed by atoms with van der Waals surface area (Å²) >= 11 is 6.51. The van der Waals surface area contributed by atoms with E-state index < -0.39 is 0 Å². The van der Waals surface area contributed by atoms with Crippen LogP contribution in [0.3, 0.4) is 0 Å². The molecule has 0 radical (unpaired) electrons. The highest BCUT2D eigenvalue weighted by molar-refractivity contribution is 14.1. The number of halogens is 1. The van der Waals surface area contributed by atoms with Crippen molar-refractivity contribution in [1.82, 2.24) is 0 Å². The van der Waals surface area contributed by atoms with Crippen LogP contribution in [-0.4, -0.2) is 5.78 Å². The molecule has 0 saturated carbocycles. The minimum atomic E-state index is 0.173. The van der Waals surface area contributed by atoms with Crippen LogP contribution in [0.15, 0.2) is 23.1 Å². The van der Waals surface area contributed by atoms with E-state index in [4.69, 9.17) is 0 Å². The zero-order chi connectivity index (χ0) is 9.14. The first-order valence-corrected chi connectivity index (χ1v) is 5.09. The summed E-state index contributed by atoms with van der Waals surface area (Å²) < 4.78 is 1.14. The molecule has 0 aliphatic heterocycles. The lowest BCUT2D eigenvalue weighted by molar-refractivity contribution is -0.116. The summed E-state index contributed by atoms with van der Waals surface area (Å²) in [6.07, 6.45) is 0.482. The van der Waals surface area contributed by atoms with E-state index in [1.165, 1.54) is 0 Å². The Kier molecular flexibility index (Phi) is 3.58. The van der Waals surface area contributed by atoms with Gasteiger partial charge in [0, 0.05) is 14.9 Å². The van der Waals surface area contributed by atoms with Gasteiger partial charge in [0.25, 0.3) is 0 Å². The summed E-state index contributed by atoms with van der Waals surface area (Å²) in [4.78, 5) is 11.7. The monoisotopic (exact) mass is 292 g/mol. The van der Waals surface area contributed by atoms with Crippen LogP contribution >= 0.6 is 35.2 Å². The van der Waals surface area contributed by atoms with Crippen LogP contribution < -0.4 is 0 Å². The number of benzene rings is 1. The van der Waals surface area contributed by atoms with Crippen LogP contribution in [0.25, 0.3) is 0 Å². The largest absolute Gasteiger partial charge is 0.300 e. The van der Waals surface area contributed by atoms with Gasteiger partial charge in [0.2, 0.25) is 0 Å². The average Bonchev–Trinajstić information content (AvgIpc) is 1.94. The number of hydrogen-bond acceptors (Lipinski definition) is 2. The second kappa shape index (κ2) is 4.28. The molecule has 0 N–H and O–H groups in total. The van der Waals surface area contributed by atoms with Gasteiger partial charge in [0.05, 0.1) is 0 Å². The highest BCUT2D eigenvalue weighted by atomic mass is 127. The van der Waals surface area contributed by atoms with Crippen molar-refractivity contribution in [3.8, 4) is 0 Å². The van der Waals surface area contributed by atoms with Gasteiger partial charge in [-0.15, -0.1) is 12.6 Å². The Balaban J connectivity index is 2.93. The Morgan fingerprint density at radius 1 is 1.58 bits per heavy atom. The molecule has 1 nitrogen and oxygen atoms in total. The van der Waals surface area contributed by atoms with Crippen LogP contribution in [-0.2, 0) is 11.2 Å². The maximum absolute atomic E-state index is 10.8. The minimum Gasteiger partial charge on any atom is -0.300 e. The zero-order valence-corrected chi connectivity index (χ0v) is 9.72. The SMILES string of the molecule is CC(=O)Cc1ccc(I)cc1S. The van der Waals surface area contributed by atoms with Crippen molar-refractivity contribution in [3.63, 3.8) is 0 Å². The molecule has 1 aromatic carbocycles. The number of ketones is 1. The first-order valence-electron chi connectivity index (χ1n) is 3.56. The molecule has 0 unspecified atom stereocenters. The molecule has 1 rings (SSSR count). The molecule has 0 saturated heterocycles. The van der Waals surface area contributed by atoms with Crippen molar-refractivity contribution in [1.29, 1.82) is 0 Å². The molecule has 0 spiro atoms. The van der Waals surface area contributed by atoms with E-state index in [9.17, 15) is 4.79 Å². The average molecular weight is 292 g/mol. The molecular weight excluding hydrogens is 283 g/mol. The Bertz CT molecular complexity index is 309. The summed E-state index contributed by atoms with van der Waals surface area (Å²) in [6.45, 7) is 1.59. The van der Waals surface area contributed by atoms with Crippen LogP contribution in [0, 0.1) is 3.57 Å². The molecule has 12 heavy (non-hydrogen) atoms. The van der Waals surface area contributed by atoms with Gasteiger partial charge in [0.15, 0.2) is 0 Å². The Morgan fingerprint density at radius 2 is 2.25 bits per heavy atom. The van der Waals surface area contributed by atoms with E-state index in [1.807, 2.05) is 18.2 Å².